The Morgan fingerprint density at radius 3 is 2.04 bits per heavy atom. The zero-order chi connectivity index (χ0) is 17.6. The predicted molar refractivity (Wildman–Crippen MR) is 82.8 cm³/mol. The maximum atomic E-state index is 12.6. The molecule has 8 nitrogen and oxygen atoms in total. The number of benzene rings is 2. The molecule has 0 bridgehead atoms. The van der Waals surface area contributed by atoms with Gasteiger partial charge in [0.25, 0.3) is 0 Å². The van der Waals surface area contributed by atoms with Gasteiger partial charge in [-0.15, -0.1) is 0 Å². The zero-order valence-corrected chi connectivity index (χ0v) is 12.3. The molecule has 0 radical (unpaired) electrons. The largest absolute Gasteiger partial charge is 0.508 e. The van der Waals surface area contributed by atoms with Crippen LogP contribution in [0, 0.1) is 0 Å². The number of hydrogen-bond donors (Lipinski definition) is 5. The first-order valence-corrected chi connectivity index (χ1v) is 6.66. The smallest absolute Gasteiger partial charge is 0.239 e. The van der Waals surface area contributed by atoms with Crippen LogP contribution < -0.4 is 10.2 Å². The summed E-state index contributed by atoms with van der Waals surface area (Å²) in [7, 11) is 1.21. The van der Waals surface area contributed by atoms with Crippen LogP contribution in [0.25, 0.3) is 22.3 Å². The van der Waals surface area contributed by atoms with E-state index in [0.29, 0.717) is 5.56 Å². The fourth-order valence-electron chi connectivity index (χ4n) is 2.34. The van der Waals surface area contributed by atoms with Crippen LogP contribution in [-0.4, -0.2) is 32.6 Å². The van der Waals surface area contributed by atoms with Gasteiger partial charge in [0.05, 0.1) is 7.11 Å². The van der Waals surface area contributed by atoms with E-state index < -0.39 is 39.4 Å². The third-order valence-corrected chi connectivity index (χ3v) is 3.53. The highest BCUT2D eigenvalue weighted by atomic mass is 16.5. The van der Waals surface area contributed by atoms with Gasteiger partial charge in [0.2, 0.25) is 28.4 Å². The molecular weight excluding hydrogens is 320 g/mol. The quantitative estimate of drug-likeness (QED) is 0.354. The summed E-state index contributed by atoms with van der Waals surface area (Å²) in [5, 5.41) is 47.8. The number of aromatic hydroxyl groups is 5. The summed E-state index contributed by atoms with van der Waals surface area (Å²) in [6.07, 6.45) is 0. The third kappa shape index (κ3) is 2.04. The van der Waals surface area contributed by atoms with Crippen LogP contribution >= 0.6 is 0 Å². The Bertz CT molecular complexity index is 1000. The summed E-state index contributed by atoms with van der Waals surface area (Å²) in [4.78, 5) is 12.6. The highest BCUT2D eigenvalue weighted by Crippen LogP contribution is 2.49. The van der Waals surface area contributed by atoms with Gasteiger partial charge in [0.1, 0.15) is 11.1 Å². The van der Waals surface area contributed by atoms with Crippen molar-refractivity contribution in [1.29, 1.82) is 0 Å². The summed E-state index contributed by atoms with van der Waals surface area (Å²) in [6.45, 7) is 0. The summed E-state index contributed by atoms with van der Waals surface area (Å²) in [5.41, 5.74) is -1.03. The molecule has 0 aliphatic heterocycles. The molecule has 0 spiro atoms. The van der Waals surface area contributed by atoms with Crippen LogP contribution in [0.15, 0.2) is 33.5 Å². The van der Waals surface area contributed by atoms with Crippen LogP contribution in [0.1, 0.15) is 0 Å². The molecular formula is C16H12O8. The van der Waals surface area contributed by atoms with Crippen LogP contribution in [0.3, 0.4) is 0 Å². The van der Waals surface area contributed by atoms with E-state index >= 15 is 0 Å². The Morgan fingerprint density at radius 1 is 0.875 bits per heavy atom. The number of phenols is 5. The van der Waals surface area contributed by atoms with Crippen molar-refractivity contribution in [1.82, 2.24) is 0 Å². The molecule has 0 amide bonds. The zero-order valence-electron chi connectivity index (χ0n) is 12.3. The monoisotopic (exact) mass is 332 g/mol. The molecule has 0 saturated heterocycles. The minimum Gasteiger partial charge on any atom is -0.508 e. The van der Waals surface area contributed by atoms with E-state index in [0.717, 1.165) is 0 Å². The van der Waals surface area contributed by atoms with Crippen LogP contribution in [0.4, 0.5) is 0 Å². The molecule has 0 saturated carbocycles. The van der Waals surface area contributed by atoms with Crippen molar-refractivity contribution >= 4 is 11.0 Å². The van der Waals surface area contributed by atoms with E-state index in [2.05, 4.69) is 0 Å². The molecule has 0 unspecified atom stereocenters. The highest BCUT2D eigenvalue weighted by molar-refractivity contribution is 5.95. The van der Waals surface area contributed by atoms with Crippen molar-refractivity contribution in [2.75, 3.05) is 7.11 Å². The molecule has 2 aromatic carbocycles. The molecule has 0 fully saturated rings. The summed E-state index contributed by atoms with van der Waals surface area (Å²) in [6, 6.07) is 5.59. The summed E-state index contributed by atoms with van der Waals surface area (Å²) >= 11 is 0. The molecule has 124 valence electrons. The van der Waals surface area contributed by atoms with Gasteiger partial charge in [0.15, 0.2) is 17.1 Å². The van der Waals surface area contributed by atoms with Crippen LogP contribution in [0.2, 0.25) is 0 Å². The lowest BCUT2D eigenvalue weighted by Gasteiger charge is -2.12. The second kappa shape index (κ2) is 5.27. The molecule has 1 heterocycles. The van der Waals surface area contributed by atoms with E-state index in [9.17, 15) is 30.3 Å². The van der Waals surface area contributed by atoms with Gasteiger partial charge in [0, 0.05) is 5.56 Å². The van der Waals surface area contributed by atoms with Gasteiger partial charge in [-0.2, -0.15) is 0 Å². The van der Waals surface area contributed by atoms with Gasteiger partial charge in [-0.05, 0) is 24.3 Å². The second-order valence-corrected chi connectivity index (χ2v) is 4.94. The molecule has 24 heavy (non-hydrogen) atoms. The summed E-state index contributed by atoms with van der Waals surface area (Å²) < 4.78 is 10.5. The van der Waals surface area contributed by atoms with Crippen LogP contribution in [0.5, 0.6) is 34.5 Å². The Labute approximate surface area is 134 Å². The number of phenolic OH excluding ortho intramolecular Hbond substituents is 5. The number of methoxy groups -OCH3 is 1. The minimum atomic E-state index is -1.05. The Balaban J connectivity index is 2.48. The van der Waals surface area contributed by atoms with Gasteiger partial charge < -0.3 is 34.7 Å². The standard InChI is InChI=1S/C16H12O8/c1-23-16-10(19)8-9(18)11(20)12(21)13(22)15(8)24-14(16)6-2-4-7(17)5-3-6/h2-5,17-18,20-22H,1H3. The molecule has 8 heteroatoms. The van der Waals surface area contributed by atoms with Crippen molar-refractivity contribution in [3.63, 3.8) is 0 Å². The van der Waals surface area contributed by atoms with Crippen molar-refractivity contribution in [3.8, 4) is 45.8 Å². The SMILES string of the molecule is COc1c(-c2ccc(O)cc2)oc2c(O)c(O)c(O)c(O)c2c1=O. The molecule has 0 aliphatic carbocycles. The number of fused-ring (bicyclic) bond motifs is 1. The summed E-state index contributed by atoms with van der Waals surface area (Å²) in [5.74, 6) is -4.30. The fraction of sp³-hybridized carbons (Fsp3) is 0.0625. The Morgan fingerprint density at radius 2 is 1.46 bits per heavy atom. The first-order valence-electron chi connectivity index (χ1n) is 6.66. The van der Waals surface area contributed by atoms with Crippen molar-refractivity contribution in [2.45, 2.75) is 0 Å². The lowest BCUT2D eigenvalue weighted by molar-refractivity contribution is 0.345. The van der Waals surface area contributed by atoms with Gasteiger partial charge in [-0.1, -0.05) is 0 Å². The Kier molecular flexibility index (Phi) is 3.37. The van der Waals surface area contributed by atoms with Gasteiger partial charge in [-0.3, -0.25) is 4.79 Å². The molecule has 1 aromatic heterocycles. The minimum absolute atomic E-state index is 0.0103. The first kappa shape index (κ1) is 15.3. The molecule has 0 atom stereocenters. The number of hydrogen-bond acceptors (Lipinski definition) is 8. The fourth-order valence-corrected chi connectivity index (χ4v) is 2.34. The van der Waals surface area contributed by atoms with E-state index in [4.69, 9.17) is 9.15 Å². The Hall–Kier alpha value is -3.55. The number of ether oxygens (including phenoxy) is 1. The maximum absolute atomic E-state index is 12.6. The average molecular weight is 332 g/mol. The van der Waals surface area contributed by atoms with E-state index in [1.165, 1.54) is 31.4 Å². The van der Waals surface area contributed by atoms with Crippen molar-refractivity contribution < 1.29 is 34.7 Å². The van der Waals surface area contributed by atoms with E-state index in [-0.39, 0.29) is 17.3 Å². The molecule has 3 rings (SSSR count). The molecule has 3 aromatic rings. The van der Waals surface area contributed by atoms with Gasteiger partial charge >= 0.3 is 0 Å². The normalized spacial score (nSPS) is 10.9. The molecule has 5 N–H and O–H groups in total. The first-order chi connectivity index (χ1) is 11.4. The van der Waals surface area contributed by atoms with Crippen molar-refractivity contribution in [3.05, 3.63) is 34.5 Å². The number of rotatable bonds is 2. The predicted octanol–water partition coefficient (Wildman–Crippen LogP) is 2.00. The second-order valence-electron chi connectivity index (χ2n) is 4.94. The lowest BCUT2D eigenvalue weighted by Crippen LogP contribution is -2.08. The highest BCUT2D eigenvalue weighted by Gasteiger charge is 2.26. The van der Waals surface area contributed by atoms with Crippen molar-refractivity contribution in [2.24, 2.45) is 0 Å². The topological polar surface area (TPSA) is 141 Å². The van der Waals surface area contributed by atoms with Crippen LogP contribution in [-0.2, 0) is 0 Å². The lowest BCUT2D eigenvalue weighted by atomic mass is 10.1. The van der Waals surface area contributed by atoms with Gasteiger partial charge in [-0.25, -0.2) is 0 Å². The maximum Gasteiger partial charge on any atom is 0.239 e. The third-order valence-electron chi connectivity index (χ3n) is 3.53. The van der Waals surface area contributed by atoms with E-state index in [1.54, 1.807) is 0 Å². The average Bonchev–Trinajstić information content (AvgIpc) is 2.58. The van der Waals surface area contributed by atoms with E-state index in [1.807, 2.05) is 0 Å². The molecule has 0 aliphatic rings.